The smallest absolute Gasteiger partial charge is 0.260 e. The third kappa shape index (κ3) is 4.81. The highest BCUT2D eigenvalue weighted by atomic mass is 16.5. The van der Waals surface area contributed by atoms with E-state index in [-0.39, 0.29) is 12.5 Å². The van der Waals surface area contributed by atoms with Crippen LogP contribution in [0, 0.1) is 20.8 Å². The number of likely N-dealkylation sites (N-methyl/N-ethyl adjacent to an activating group) is 1. The van der Waals surface area contributed by atoms with Crippen molar-refractivity contribution in [3.8, 4) is 5.75 Å². The van der Waals surface area contributed by atoms with Gasteiger partial charge in [-0.3, -0.25) is 9.78 Å². The molecule has 0 aliphatic rings. The molecule has 0 fully saturated rings. The van der Waals surface area contributed by atoms with Gasteiger partial charge in [0.2, 0.25) is 0 Å². The van der Waals surface area contributed by atoms with Gasteiger partial charge >= 0.3 is 0 Å². The lowest BCUT2D eigenvalue weighted by Gasteiger charge is -2.19. The summed E-state index contributed by atoms with van der Waals surface area (Å²) in [6, 6.07) is 8.07. The third-order valence-corrected chi connectivity index (χ3v) is 3.86. The minimum absolute atomic E-state index is 0.0153. The Kier molecular flexibility index (Phi) is 5.74. The van der Waals surface area contributed by atoms with Gasteiger partial charge < -0.3 is 9.64 Å². The van der Waals surface area contributed by atoms with Gasteiger partial charge in [-0.1, -0.05) is 17.7 Å². The average Bonchev–Trinajstić information content (AvgIpc) is 2.52. The highest BCUT2D eigenvalue weighted by molar-refractivity contribution is 5.77. The van der Waals surface area contributed by atoms with E-state index in [0.29, 0.717) is 6.54 Å². The zero-order valence-electron chi connectivity index (χ0n) is 14.3. The predicted molar refractivity (Wildman–Crippen MR) is 91.7 cm³/mol. The van der Waals surface area contributed by atoms with Crippen molar-refractivity contribution in [2.24, 2.45) is 0 Å². The van der Waals surface area contributed by atoms with Crippen molar-refractivity contribution < 1.29 is 9.53 Å². The highest BCUT2D eigenvalue weighted by Gasteiger charge is 2.12. The van der Waals surface area contributed by atoms with E-state index in [2.05, 4.69) is 24.0 Å². The number of hydrogen-bond donors (Lipinski definition) is 0. The van der Waals surface area contributed by atoms with Gasteiger partial charge in [-0.05, 0) is 56.0 Å². The summed E-state index contributed by atoms with van der Waals surface area (Å²) in [6.45, 7) is 6.80. The highest BCUT2D eigenvalue weighted by Crippen LogP contribution is 2.24. The molecule has 1 aromatic heterocycles. The summed E-state index contributed by atoms with van der Waals surface area (Å²) in [5.74, 6) is 0.796. The SMILES string of the molecule is Cc1cc(C)c(OCC(=O)N(C)CCc2ccncc2)c(C)c1. The molecule has 23 heavy (non-hydrogen) atoms. The Morgan fingerprint density at radius 1 is 1.13 bits per heavy atom. The van der Waals surface area contributed by atoms with Crippen molar-refractivity contribution in [2.45, 2.75) is 27.2 Å². The number of aromatic nitrogens is 1. The van der Waals surface area contributed by atoms with Gasteiger partial charge in [-0.2, -0.15) is 0 Å². The van der Waals surface area contributed by atoms with E-state index in [4.69, 9.17) is 4.74 Å². The van der Waals surface area contributed by atoms with Crippen molar-refractivity contribution in [1.29, 1.82) is 0 Å². The van der Waals surface area contributed by atoms with Crippen LogP contribution in [0.5, 0.6) is 5.75 Å². The lowest BCUT2D eigenvalue weighted by atomic mass is 10.1. The molecule has 0 aliphatic heterocycles. The number of amides is 1. The zero-order valence-corrected chi connectivity index (χ0v) is 14.3. The molecule has 0 spiro atoms. The normalized spacial score (nSPS) is 10.4. The summed E-state index contributed by atoms with van der Waals surface area (Å²) in [4.78, 5) is 17.9. The van der Waals surface area contributed by atoms with Crippen molar-refractivity contribution >= 4 is 5.91 Å². The lowest BCUT2D eigenvalue weighted by molar-refractivity contribution is -0.132. The number of benzene rings is 1. The van der Waals surface area contributed by atoms with Gasteiger partial charge in [0.1, 0.15) is 5.75 Å². The number of pyridine rings is 1. The van der Waals surface area contributed by atoms with E-state index < -0.39 is 0 Å². The molecule has 0 saturated carbocycles. The summed E-state index contributed by atoms with van der Waals surface area (Å²) in [7, 11) is 1.81. The van der Waals surface area contributed by atoms with Crippen molar-refractivity contribution in [3.05, 3.63) is 58.9 Å². The number of hydrogen-bond acceptors (Lipinski definition) is 3. The average molecular weight is 312 g/mol. The predicted octanol–water partition coefficient (Wildman–Crippen LogP) is 3.09. The Labute approximate surface area is 138 Å². The first kappa shape index (κ1) is 17.0. The number of rotatable bonds is 6. The van der Waals surface area contributed by atoms with Crippen LogP contribution in [0.1, 0.15) is 22.3 Å². The van der Waals surface area contributed by atoms with E-state index in [1.807, 2.05) is 33.0 Å². The molecule has 2 aromatic rings. The van der Waals surface area contributed by atoms with Crippen LogP contribution in [0.15, 0.2) is 36.7 Å². The fourth-order valence-electron chi connectivity index (χ4n) is 2.61. The maximum atomic E-state index is 12.2. The first-order valence-electron chi connectivity index (χ1n) is 7.81. The minimum atomic E-state index is -0.0153. The number of aryl methyl sites for hydroxylation is 3. The summed E-state index contributed by atoms with van der Waals surface area (Å²) in [5.41, 5.74) is 4.50. The van der Waals surface area contributed by atoms with Crippen LogP contribution in [0.3, 0.4) is 0 Å². The van der Waals surface area contributed by atoms with Crippen molar-refractivity contribution in [3.63, 3.8) is 0 Å². The van der Waals surface area contributed by atoms with Crippen LogP contribution < -0.4 is 4.74 Å². The maximum absolute atomic E-state index is 12.2. The second-order valence-electron chi connectivity index (χ2n) is 5.94. The van der Waals surface area contributed by atoms with Gasteiger partial charge in [0.25, 0.3) is 5.91 Å². The van der Waals surface area contributed by atoms with Crippen molar-refractivity contribution in [1.82, 2.24) is 9.88 Å². The van der Waals surface area contributed by atoms with E-state index in [9.17, 15) is 4.79 Å². The molecular weight excluding hydrogens is 288 g/mol. The summed E-state index contributed by atoms with van der Waals surface area (Å²) < 4.78 is 5.76. The van der Waals surface area contributed by atoms with Crippen LogP contribution in [0.4, 0.5) is 0 Å². The van der Waals surface area contributed by atoms with Crippen molar-refractivity contribution in [2.75, 3.05) is 20.2 Å². The zero-order chi connectivity index (χ0) is 16.8. The van der Waals surface area contributed by atoms with E-state index >= 15 is 0 Å². The Hall–Kier alpha value is -2.36. The Morgan fingerprint density at radius 2 is 1.74 bits per heavy atom. The van der Waals surface area contributed by atoms with E-state index in [1.165, 1.54) is 11.1 Å². The molecule has 0 N–H and O–H groups in total. The molecule has 0 saturated heterocycles. The molecule has 2 rings (SSSR count). The Morgan fingerprint density at radius 3 is 2.35 bits per heavy atom. The van der Waals surface area contributed by atoms with E-state index in [0.717, 1.165) is 23.3 Å². The minimum Gasteiger partial charge on any atom is -0.483 e. The first-order chi connectivity index (χ1) is 11.0. The first-order valence-corrected chi connectivity index (χ1v) is 7.81. The molecule has 1 aromatic carbocycles. The number of nitrogens with zero attached hydrogens (tertiary/aromatic N) is 2. The molecule has 0 radical (unpaired) electrons. The number of carbonyl (C=O) groups is 1. The quantitative estimate of drug-likeness (QED) is 0.823. The topological polar surface area (TPSA) is 42.4 Å². The Balaban J connectivity index is 1.87. The molecule has 0 unspecified atom stereocenters. The fourth-order valence-corrected chi connectivity index (χ4v) is 2.61. The lowest BCUT2D eigenvalue weighted by Crippen LogP contribution is -2.33. The summed E-state index contributed by atoms with van der Waals surface area (Å²) >= 11 is 0. The number of carbonyl (C=O) groups excluding carboxylic acids is 1. The standard InChI is InChI=1S/C19H24N2O2/c1-14-11-15(2)19(16(3)12-14)23-13-18(22)21(4)10-7-17-5-8-20-9-6-17/h5-6,8-9,11-12H,7,10,13H2,1-4H3. The molecule has 1 amide bonds. The molecule has 0 atom stereocenters. The summed E-state index contributed by atoms with van der Waals surface area (Å²) in [6.07, 6.45) is 4.35. The van der Waals surface area contributed by atoms with Gasteiger partial charge in [0, 0.05) is 26.0 Å². The molecule has 122 valence electrons. The summed E-state index contributed by atoms with van der Waals surface area (Å²) in [5, 5.41) is 0. The van der Waals surface area contributed by atoms with Gasteiger partial charge in [-0.15, -0.1) is 0 Å². The van der Waals surface area contributed by atoms with Gasteiger partial charge in [0.15, 0.2) is 6.61 Å². The molecule has 4 nitrogen and oxygen atoms in total. The van der Waals surface area contributed by atoms with Crippen LogP contribution in [-0.2, 0) is 11.2 Å². The number of ether oxygens (including phenoxy) is 1. The molecule has 0 bridgehead atoms. The second-order valence-corrected chi connectivity index (χ2v) is 5.94. The van der Waals surface area contributed by atoms with Crippen LogP contribution >= 0.6 is 0 Å². The maximum Gasteiger partial charge on any atom is 0.260 e. The van der Waals surface area contributed by atoms with Crippen LogP contribution in [0.25, 0.3) is 0 Å². The largest absolute Gasteiger partial charge is 0.483 e. The Bertz CT molecular complexity index is 645. The molecule has 0 aliphatic carbocycles. The molecular formula is C19H24N2O2. The van der Waals surface area contributed by atoms with E-state index in [1.54, 1.807) is 17.3 Å². The molecule has 4 heteroatoms. The second kappa shape index (κ2) is 7.77. The molecule has 1 heterocycles. The fraction of sp³-hybridized carbons (Fsp3) is 0.368. The van der Waals surface area contributed by atoms with Crippen LogP contribution in [0.2, 0.25) is 0 Å². The van der Waals surface area contributed by atoms with Gasteiger partial charge in [-0.25, -0.2) is 0 Å². The van der Waals surface area contributed by atoms with Crippen LogP contribution in [-0.4, -0.2) is 36.0 Å². The van der Waals surface area contributed by atoms with Gasteiger partial charge in [0.05, 0.1) is 0 Å². The third-order valence-electron chi connectivity index (χ3n) is 3.86. The monoisotopic (exact) mass is 312 g/mol.